The molecule has 0 N–H and O–H groups in total. The minimum atomic E-state index is 0.788. The van der Waals surface area contributed by atoms with Gasteiger partial charge in [-0.15, -0.1) is 0 Å². The molecule has 0 nitrogen and oxygen atoms in total. The molecule has 0 spiro atoms. The van der Waals surface area contributed by atoms with Crippen molar-refractivity contribution >= 4 is 0 Å². The quantitative estimate of drug-likeness (QED) is 0.509. The minimum Gasteiger partial charge on any atom is -0.0625 e. The molecule has 0 saturated heterocycles. The van der Waals surface area contributed by atoms with Crippen LogP contribution in [0.5, 0.6) is 0 Å². The standard InChI is InChI=1S/C11H21/c1-10(2)6-4-3-5-7-11-8-9-11/h6,10-11H,3-5,7-9H2,1-2H3. The molecule has 1 rings (SSSR count). The molecular formula is C11H21. The van der Waals surface area contributed by atoms with E-state index in [1.807, 2.05) is 0 Å². The van der Waals surface area contributed by atoms with Crippen LogP contribution in [0.25, 0.3) is 0 Å². The monoisotopic (exact) mass is 153 g/mol. The lowest BCUT2D eigenvalue weighted by Gasteiger charge is -2.02. The Bertz CT molecular complexity index is 86.2. The van der Waals surface area contributed by atoms with Gasteiger partial charge in [0, 0.05) is 0 Å². The first-order valence-corrected chi connectivity index (χ1v) is 5.12. The lowest BCUT2D eigenvalue weighted by atomic mass is 10.0. The van der Waals surface area contributed by atoms with E-state index in [1.54, 1.807) is 0 Å². The third kappa shape index (κ3) is 5.29. The van der Waals surface area contributed by atoms with Gasteiger partial charge in [-0.1, -0.05) is 46.0 Å². The molecular weight excluding hydrogens is 132 g/mol. The minimum absolute atomic E-state index is 0.788. The molecule has 0 unspecified atom stereocenters. The van der Waals surface area contributed by atoms with Crippen LogP contribution in [0.15, 0.2) is 0 Å². The van der Waals surface area contributed by atoms with Crippen molar-refractivity contribution in [1.29, 1.82) is 0 Å². The summed E-state index contributed by atoms with van der Waals surface area (Å²) in [5.74, 6) is 1.92. The third-order valence-electron chi connectivity index (χ3n) is 2.40. The Morgan fingerprint density at radius 3 is 2.55 bits per heavy atom. The molecule has 1 radical (unpaired) electrons. The molecule has 0 aromatic rings. The maximum absolute atomic E-state index is 2.44. The Morgan fingerprint density at radius 2 is 2.00 bits per heavy atom. The van der Waals surface area contributed by atoms with E-state index in [0.29, 0.717) is 0 Å². The van der Waals surface area contributed by atoms with E-state index < -0.39 is 0 Å². The second-order valence-electron chi connectivity index (χ2n) is 4.21. The number of rotatable bonds is 6. The fourth-order valence-electron chi connectivity index (χ4n) is 1.44. The normalized spacial score (nSPS) is 17.7. The summed E-state index contributed by atoms with van der Waals surface area (Å²) in [5, 5.41) is 0. The van der Waals surface area contributed by atoms with Crippen LogP contribution >= 0.6 is 0 Å². The molecule has 1 saturated carbocycles. The van der Waals surface area contributed by atoms with Gasteiger partial charge in [0.15, 0.2) is 0 Å². The van der Waals surface area contributed by atoms with E-state index in [-0.39, 0.29) is 0 Å². The van der Waals surface area contributed by atoms with Crippen LogP contribution in [0.2, 0.25) is 0 Å². The summed E-state index contributed by atoms with van der Waals surface area (Å²) in [6.07, 6.45) is 11.2. The largest absolute Gasteiger partial charge is 0.0625 e. The van der Waals surface area contributed by atoms with Gasteiger partial charge >= 0.3 is 0 Å². The highest BCUT2D eigenvalue weighted by atomic mass is 14.3. The van der Waals surface area contributed by atoms with Crippen molar-refractivity contribution in [1.82, 2.24) is 0 Å². The van der Waals surface area contributed by atoms with Gasteiger partial charge in [-0.05, 0) is 24.7 Å². The van der Waals surface area contributed by atoms with Gasteiger partial charge in [0.05, 0.1) is 0 Å². The molecule has 0 aromatic carbocycles. The summed E-state index contributed by atoms with van der Waals surface area (Å²) in [5.41, 5.74) is 0. The van der Waals surface area contributed by atoms with Crippen LogP contribution < -0.4 is 0 Å². The Kier molecular flexibility index (Phi) is 3.96. The van der Waals surface area contributed by atoms with Gasteiger partial charge in [-0.2, -0.15) is 0 Å². The van der Waals surface area contributed by atoms with Crippen molar-refractivity contribution < 1.29 is 0 Å². The Balaban J connectivity index is 1.73. The van der Waals surface area contributed by atoms with Crippen molar-refractivity contribution in [2.45, 2.75) is 52.4 Å². The van der Waals surface area contributed by atoms with E-state index in [4.69, 9.17) is 0 Å². The van der Waals surface area contributed by atoms with Crippen molar-refractivity contribution in [3.63, 3.8) is 0 Å². The molecule has 0 amide bonds. The summed E-state index contributed by atoms with van der Waals surface area (Å²) in [4.78, 5) is 0. The Morgan fingerprint density at radius 1 is 1.27 bits per heavy atom. The molecule has 0 heteroatoms. The van der Waals surface area contributed by atoms with E-state index in [0.717, 1.165) is 11.8 Å². The molecule has 0 atom stereocenters. The maximum atomic E-state index is 2.44. The molecule has 1 fully saturated rings. The van der Waals surface area contributed by atoms with Crippen molar-refractivity contribution in [3.05, 3.63) is 6.42 Å². The number of hydrogen-bond donors (Lipinski definition) is 0. The summed E-state index contributed by atoms with van der Waals surface area (Å²) in [6.45, 7) is 4.53. The van der Waals surface area contributed by atoms with Crippen molar-refractivity contribution in [3.8, 4) is 0 Å². The Labute approximate surface area is 71.4 Å². The van der Waals surface area contributed by atoms with E-state index in [9.17, 15) is 0 Å². The molecule has 0 aromatic heterocycles. The van der Waals surface area contributed by atoms with E-state index >= 15 is 0 Å². The first-order chi connectivity index (χ1) is 5.29. The summed E-state index contributed by atoms with van der Waals surface area (Å²) >= 11 is 0. The van der Waals surface area contributed by atoms with Gasteiger partial charge < -0.3 is 0 Å². The van der Waals surface area contributed by atoms with Crippen LogP contribution in [0.3, 0.4) is 0 Å². The van der Waals surface area contributed by atoms with E-state index in [2.05, 4.69) is 20.3 Å². The second kappa shape index (κ2) is 4.79. The Hall–Kier alpha value is 0. The van der Waals surface area contributed by atoms with Crippen molar-refractivity contribution in [2.24, 2.45) is 11.8 Å². The molecule has 1 aliphatic carbocycles. The van der Waals surface area contributed by atoms with Gasteiger partial charge in [0.25, 0.3) is 0 Å². The highest BCUT2D eigenvalue weighted by molar-refractivity contribution is 4.74. The predicted molar refractivity (Wildman–Crippen MR) is 50.3 cm³/mol. The zero-order valence-corrected chi connectivity index (χ0v) is 7.97. The predicted octanol–water partition coefficient (Wildman–Crippen LogP) is 3.82. The van der Waals surface area contributed by atoms with Gasteiger partial charge in [-0.3, -0.25) is 0 Å². The number of unbranched alkanes of at least 4 members (excludes halogenated alkanes) is 2. The van der Waals surface area contributed by atoms with Crippen LogP contribution in [-0.4, -0.2) is 0 Å². The molecule has 0 heterocycles. The van der Waals surface area contributed by atoms with Crippen molar-refractivity contribution in [2.75, 3.05) is 0 Å². The van der Waals surface area contributed by atoms with Crippen LogP contribution in [0.1, 0.15) is 52.4 Å². The fourth-order valence-corrected chi connectivity index (χ4v) is 1.44. The first kappa shape index (κ1) is 9.09. The highest BCUT2D eigenvalue weighted by Crippen LogP contribution is 2.34. The fraction of sp³-hybridized carbons (Fsp3) is 0.909. The van der Waals surface area contributed by atoms with Crippen LogP contribution in [0.4, 0.5) is 0 Å². The van der Waals surface area contributed by atoms with Gasteiger partial charge in [0.2, 0.25) is 0 Å². The zero-order chi connectivity index (χ0) is 8.10. The third-order valence-corrected chi connectivity index (χ3v) is 2.40. The van der Waals surface area contributed by atoms with E-state index in [1.165, 1.54) is 38.5 Å². The summed E-state index contributed by atoms with van der Waals surface area (Å²) < 4.78 is 0. The molecule has 0 aliphatic heterocycles. The zero-order valence-electron chi connectivity index (χ0n) is 7.97. The summed E-state index contributed by atoms with van der Waals surface area (Å²) in [7, 11) is 0. The smallest absolute Gasteiger partial charge is 0.0360 e. The SMILES string of the molecule is CC(C)[CH]CCCCC1CC1. The summed E-state index contributed by atoms with van der Waals surface area (Å²) in [6, 6.07) is 0. The van der Waals surface area contributed by atoms with Crippen LogP contribution in [0, 0.1) is 18.3 Å². The highest BCUT2D eigenvalue weighted by Gasteiger charge is 2.19. The second-order valence-corrected chi connectivity index (χ2v) is 4.21. The lowest BCUT2D eigenvalue weighted by Crippen LogP contribution is -1.88. The van der Waals surface area contributed by atoms with Crippen LogP contribution in [-0.2, 0) is 0 Å². The van der Waals surface area contributed by atoms with Gasteiger partial charge in [-0.25, -0.2) is 0 Å². The molecule has 0 bridgehead atoms. The average Bonchev–Trinajstić information content (AvgIpc) is 2.70. The van der Waals surface area contributed by atoms with Gasteiger partial charge in [0.1, 0.15) is 0 Å². The number of hydrogen-bond acceptors (Lipinski definition) is 0. The molecule has 65 valence electrons. The maximum Gasteiger partial charge on any atom is -0.0360 e. The molecule has 1 aliphatic rings. The molecule has 11 heavy (non-hydrogen) atoms. The average molecular weight is 153 g/mol. The first-order valence-electron chi connectivity index (χ1n) is 5.12. The topological polar surface area (TPSA) is 0 Å². The lowest BCUT2D eigenvalue weighted by molar-refractivity contribution is 0.597.